The molecule has 1 aromatic heterocycles. The molecule has 1 aromatic rings. The Morgan fingerprint density at radius 1 is 1.41 bits per heavy atom. The zero-order valence-corrected chi connectivity index (χ0v) is 11.0. The molecule has 0 radical (unpaired) electrons. The fourth-order valence-corrected chi connectivity index (χ4v) is 2.54. The molecule has 2 atom stereocenters. The Hall–Kier alpha value is -0.870. The molecule has 2 heterocycles. The first-order valence-corrected chi connectivity index (χ1v) is 6.51. The highest BCUT2D eigenvalue weighted by Crippen LogP contribution is 2.18. The molecule has 0 aromatic carbocycles. The quantitative estimate of drug-likeness (QED) is 0.867. The van der Waals surface area contributed by atoms with Crippen LogP contribution in [0, 0.1) is 6.92 Å². The van der Waals surface area contributed by atoms with Crippen molar-refractivity contribution in [3.8, 4) is 0 Å². The highest BCUT2D eigenvalue weighted by Gasteiger charge is 2.23. The lowest BCUT2D eigenvalue weighted by molar-refractivity contribution is -0.0420. The highest BCUT2D eigenvalue weighted by atomic mass is 16.5. The van der Waals surface area contributed by atoms with Crippen LogP contribution in [0.2, 0.25) is 0 Å². The largest absolute Gasteiger partial charge is 0.375 e. The Kier molecular flexibility index (Phi) is 4.18. The molecule has 1 aliphatic rings. The van der Waals surface area contributed by atoms with Crippen molar-refractivity contribution < 1.29 is 4.74 Å². The lowest BCUT2D eigenvalue weighted by Gasteiger charge is -2.32. The summed E-state index contributed by atoms with van der Waals surface area (Å²) >= 11 is 0. The van der Waals surface area contributed by atoms with Gasteiger partial charge in [0.2, 0.25) is 0 Å². The van der Waals surface area contributed by atoms with E-state index in [4.69, 9.17) is 4.74 Å². The summed E-state index contributed by atoms with van der Waals surface area (Å²) in [4.78, 5) is 0. The summed E-state index contributed by atoms with van der Waals surface area (Å²) in [5, 5.41) is 7.88. The van der Waals surface area contributed by atoms with Crippen LogP contribution >= 0.6 is 0 Å². The van der Waals surface area contributed by atoms with E-state index in [0.717, 1.165) is 25.9 Å². The molecule has 2 rings (SSSR count). The van der Waals surface area contributed by atoms with Crippen LogP contribution in [0.4, 0.5) is 0 Å². The second-order valence-electron chi connectivity index (χ2n) is 5.16. The smallest absolute Gasteiger partial charge is 0.0565 e. The second kappa shape index (κ2) is 5.65. The average molecular weight is 237 g/mol. The summed E-state index contributed by atoms with van der Waals surface area (Å²) < 4.78 is 7.72. The third-order valence-electron chi connectivity index (χ3n) is 3.23. The van der Waals surface area contributed by atoms with Gasteiger partial charge in [0.05, 0.1) is 24.9 Å². The number of nitrogens with zero attached hydrogens (tertiary/aromatic N) is 2. The number of aromatic nitrogens is 2. The van der Waals surface area contributed by atoms with Crippen molar-refractivity contribution in [1.29, 1.82) is 0 Å². The van der Waals surface area contributed by atoms with Gasteiger partial charge in [0.15, 0.2) is 0 Å². The van der Waals surface area contributed by atoms with E-state index < -0.39 is 0 Å². The minimum atomic E-state index is 0.378. The number of hydrogen-bond donors (Lipinski definition) is 1. The van der Waals surface area contributed by atoms with Gasteiger partial charge in [-0.25, -0.2) is 0 Å². The number of ether oxygens (including phenoxy) is 1. The Balaban J connectivity index is 1.71. The van der Waals surface area contributed by atoms with Crippen LogP contribution in [-0.2, 0) is 11.3 Å². The van der Waals surface area contributed by atoms with Gasteiger partial charge in [-0.15, -0.1) is 0 Å². The summed E-state index contributed by atoms with van der Waals surface area (Å²) in [6.45, 7) is 8.29. The summed E-state index contributed by atoms with van der Waals surface area (Å²) in [5.74, 6) is 0. The Labute approximate surface area is 103 Å². The predicted octanol–water partition coefficient (Wildman–Crippen LogP) is 1.74. The van der Waals surface area contributed by atoms with Crippen LogP contribution in [-0.4, -0.2) is 34.6 Å². The lowest BCUT2D eigenvalue weighted by atomic mass is 10.00. The van der Waals surface area contributed by atoms with Crippen molar-refractivity contribution in [2.45, 2.75) is 58.4 Å². The van der Waals surface area contributed by atoms with Crippen molar-refractivity contribution in [3.63, 3.8) is 0 Å². The molecule has 2 unspecified atom stereocenters. The Morgan fingerprint density at radius 2 is 2.12 bits per heavy atom. The molecule has 1 N–H and O–H groups in total. The molecule has 0 bridgehead atoms. The van der Waals surface area contributed by atoms with Crippen LogP contribution in [0.1, 0.15) is 32.3 Å². The summed E-state index contributed by atoms with van der Waals surface area (Å²) in [7, 11) is 0. The number of rotatable bonds is 4. The van der Waals surface area contributed by atoms with E-state index in [1.165, 1.54) is 5.56 Å². The first-order valence-electron chi connectivity index (χ1n) is 6.51. The van der Waals surface area contributed by atoms with E-state index in [1.54, 1.807) is 0 Å². The van der Waals surface area contributed by atoms with Gasteiger partial charge in [-0.2, -0.15) is 5.10 Å². The first-order chi connectivity index (χ1) is 8.13. The zero-order valence-electron chi connectivity index (χ0n) is 11.0. The molecule has 96 valence electrons. The monoisotopic (exact) mass is 237 g/mol. The molecule has 0 saturated carbocycles. The zero-order chi connectivity index (χ0) is 12.3. The molecular weight excluding hydrogens is 214 g/mol. The van der Waals surface area contributed by atoms with E-state index in [9.17, 15) is 0 Å². The van der Waals surface area contributed by atoms with Gasteiger partial charge < -0.3 is 10.1 Å². The fraction of sp³-hybridized carbons (Fsp3) is 0.769. The molecule has 17 heavy (non-hydrogen) atoms. The van der Waals surface area contributed by atoms with Crippen LogP contribution < -0.4 is 5.32 Å². The van der Waals surface area contributed by atoms with Crippen molar-refractivity contribution in [2.24, 2.45) is 0 Å². The molecule has 0 spiro atoms. The third-order valence-corrected chi connectivity index (χ3v) is 3.23. The van der Waals surface area contributed by atoms with Gasteiger partial charge in [0.1, 0.15) is 0 Å². The fourth-order valence-electron chi connectivity index (χ4n) is 2.54. The number of hydrogen-bond acceptors (Lipinski definition) is 3. The van der Waals surface area contributed by atoms with Gasteiger partial charge in [0, 0.05) is 18.8 Å². The maximum Gasteiger partial charge on any atom is 0.0565 e. The molecule has 0 amide bonds. The molecule has 4 nitrogen and oxygen atoms in total. The molecule has 1 aliphatic heterocycles. The van der Waals surface area contributed by atoms with Crippen LogP contribution in [0.25, 0.3) is 0 Å². The van der Waals surface area contributed by atoms with Crippen LogP contribution in [0.3, 0.4) is 0 Å². The molecular formula is C13H23N3O. The number of aryl methyl sites for hydroxylation is 1. The van der Waals surface area contributed by atoms with Gasteiger partial charge in [-0.1, -0.05) is 0 Å². The van der Waals surface area contributed by atoms with Crippen molar-refractivity contribution in [3.05, 3.63) is 18.0 Å². The van der Waals surface area contributed by atoms with Gasteiger partial charge in [-0.05, 0) is 39.2 Å². The van der Waals surface area contributed by atoms with Gasteiger partial charge >= 0.3 is 0 Å². The predicted molar refractivity (Wildman–Crippen MR) is 68.0 cm³/mol. The summed E-state index contributed by atoms with van der Waals surface area (Å²) in [6.07, 6.45) is 6.96. The number of nitrogens with one attached hydrogen (secondary N) is 1. The van der Waals surface area contributed by atoms with E-state index in [1.807, 2.05) is 10.9 Å². The van der Waals surface area contributed by atoms with E-state index in [-0.39, 0.29) is 0 Å². The lowest BCUT2D eigenvalue weighted by Crippen LogP contribution is -2.42. The molecule has 4 heteroatoms. The standard InChI is InChI=1S/C13H23N3O/c1-10-8-15-16(9-10)5-4-14-13-6-11(2)17-12(3)7-13/h8-9,11-14H,4-7H2,1-3H3. The van der Waals surface area contributed by atoms with Crippen molar-refractivity contribution in [2.75, 3.05) is 6.54 Å². The van der Waals surface area contributed by atoms with Crippen molar-refractivity contribution >= 4 is 0 Å². The average Bonchev–Trinajstić information content (AvgIpc) is 2.63. The first kappa shape index (κ1) is 12.6. The maximum absolute atomic E-state index is 5.73. The summed E-state index contributed by atoms with van der Waals surface area (Å²) in [5.41, 5.74) is 1.22. The third kappa shape index (κ3) is 3.82. The van der Waals surface area contributed by atoms with E-state index in [2.05, 4.69) is 37.4 Å². The SMILES string of the molecule is Cc1cnn(CCNC2CC(C)OC(C)C2)c1. The normalized spacial score (nSPS) is 29.5. The topological polar surface area (TPSA) is 39.1 Å². The Bertz CT molecular complexity index is 340. The highest BCUT2D eigenvalue weighted by molar-refractivity contribution is 4.99. The van der Waals surface area contributed by atoms with Gasteiger partial charge in [-0.3, -0.25) is 4.68 Å². The molecule has 1 saturated heterocycles. The minimum absolute atomic E-state index is 0.378. The Morgan fingerprint density at radius 3 is 2.71 bits per heavy atom. The van der Waals surface area contributed by atoms with E-state index in [0.29, 0.717) is 18.2 Å². The molecule has 1 fully saturated rings. The second-order valence-corrected chi connectivity index (χ2v) is 5.16. The van der Waals surface area contributed by atoms with Crippen LogP contribution in [0.5, 0.6) is 0 Å². The van der Waals surface area contributed by atoms with Crippen molar-refractivity contribution in [1.82, 2.24) is 15.1 Å². The van der Waals surface area contributed by atoms with Crippen LogP contribution in [0.15, 0.2) is 12.4 Å². The maximum atomic E-state index is 5.73. The molecule has 0 aliphatic carbocycles. The summed E-state index contributed by atoms with van der Waals surface area (Å²) in [6, 6.07) is 0.588. The minimum Gasteiger partial charge on any atom is -0.375 e. The van der Waals surface area contributed by atoms with E-state index >= 15 is 0 Å². The van der Waals surface area contributed by atoms with Gasteiger partial charge in [0.25, 0.3) is 0 Å².